The fourth-order valence-corrected chi connectivity index (χ4v) is 3.70. The van der Waals surface area contributed by atoms with Gasteiger partial charge in [0.25, 0.3) is 0 Å². The number of carbonyl (C=O) groups excluding carboxylic acids is 4. The van der Waals surface area contributed by atoms with Gasteiger partial charge in [-0.3, -0.25) is 24.2 Å². The molecule has 0 saturated heterocycles. The number of nitrogens with one attached hydrogen (secondary N) is 3. The van der Waals surface area contributed by atoms with Crippen LogP contribution in [-0.2, 0) is 30.4 Å². The van der Waals surface area contributed by atoms with Crippen LogP contribution < -0.4 is 44.6 Å². The molecule has 222 valence electrons. The number of unbranched alkanes of at least 4 members (excludes halogenated alkanes) is 1. The standard InChI is InChI=1S/C25H41N9O6/c26-11-5-4-10-17(32-21(36)16(27)9-6-12-31-25(29)30)22(37)33-18(14-20(28)35)23(38)34-19(24(39)40)13-15-7-2-1-3-8-15/h1-3,7-8,16-19H,4-6,9-14,26-27H2,(H2,28,35)(H,32,36)(H,33,37)(H,34,38)(H,39,40)(H4,29,30,31). The Morgan fingerprint density at radius 1 is 0.800 bits per heavy atom. The van der Waals surface area contributed by atoms with Gasteiger partial charge >= 0.3 is 5.97 Å². The molecule has 15 nitrogen and oxygen atoms in total. The van der Waals surface area contributed by atoms with E-state index in [4.69, 9.17) is 28.7 Å². The largest absolute Gasteiger partial charge is 0.480 e. The molecule has 1 aromatic carbocycles. The molecule has 0 aromatic heterocycles. The van der Waals surface area contributed by atoms with Gasteiger partial charge in [0.1, 0.15) is 18.1 Å². The van der Waals surface area contributed by atoms with E-state index in [-0.39, 0.29) is 31.8 Å². The molecule has 0 fully saturated rings. The van der Waals surface area contributed by atoms with E-state index in [1.165, 1.54) is 0 Å². The Bertz CT molecular complexity index is 1020. The Kier molecular flexibility index (Phi) is 15.3. The first-order chi connectivity index (χ1) is 18.9. The van der Waals surface area contributed by atoms with Crippen molar-refractivity contribution in [3.8, 4) is 0 Å². The lowest BCUT2D eigenvalue weighted by Crippen LogP contribution is -2.58. The van der Waals surface area contributed by atoms with Crippen LogP contribution in [0.25, 0.3) is 0 Å². The number of benzene rings is 1. The third-order valence-electron chi connectivity index (χ3n) is 5.82. The summed E-state index contributed by atoms with van der Waals surface area (Å²) >= 11 is 0. The van der Waals surface area contributed by atoms with Crippen LogP contribution in [0.15, 0.2) is 35.3 Å². The predicted molar refractivity (Wildman–Crippen MR) is 148 cm³/mol. The van der Waals surface area contributed by atoms with Crippen molar-refractivity contribution >= 4 is 35.6 Å². The van der Waals surface area contributed by atoms with Gasteiger partial charge in [-0.1, -0.05) is 30.3 Å². The molecule has 0 heterocycles. The molecule has 14 N–H and O–H groups in total. The topological polar surface area (TPSA) is 284 Å². The molecule has 15 heteroatoms. The molecule has 1 aromatic rings. The number of aliphatic carboxylic acids is 1. The van der Waals surface area contributed by atoms with Crippen LogP contribution in [0.5, 0.6) is 0 Å². The van der Waals surface area contributed by atoms with Crippen LogP contribution in [-0.4, -0.2) is 77.9 Å². The van der Waals surface area contributed by atoms with Crippen molar-refractivity contribution in [2.45, 2.75) is 69.1 Å². The van der Waals surface area contributed by atoms with E-state index in [9.17, 15) is 29.1 Å². The van der Waals surface area contributed by atoms with Gasteiger partial charge in [-0.25, -0.2) is 4.79 Å². The van der Waals surface area contributed by atoms with Crippen molar-refractivity contribution in [3.63, 3.8) is 0 Å². The summed E-state index contributed by atoms with van der Waals surface area (Å²) in [6.07, 6.45) is 1.25. The van der Waals surface area contributed by atoms with Gasteiger partial charge < -0.3 is 49.7 Å². The molecule has 4 atom stereocenters. The molecule has 0 aliphatic heterocycles. The number of nitrogens with two attached hydrogens (primary N) is 5. The molecule has 1 rings (SSSR count). The lowest BCUT2D eigenvalue weighted by Gasteiger charge is -2.25. The molecule has 4 unspecified atom stereocenters. The van der Waals surface area contributed by atoms with Crippen LogP contribution in [0.4, 0.5) is 0 Å². The van der Waals surface area contributed by atoms with Gasteiger partial charge in [0.05, 0.1) is 12.5 Å². The molecule has 4 amide bonds. The number of rotatable bonds is 19. The lowest BCUT2D eigenvalue weighted by atomic mass is 10.0. The minimum absolute atomic E-state index is 0.0298. The zero-order valence-electron chi connectivity index (χ0n) is 22.4. The second kappa shape index (κ2) is 18.1. The Morgan fingerprint density at radius 3 is 1.98 bits per heavy atom. The van der Waals surface area contributed by atoms with Gasteiger partial charge in [0, 0.05) is 13.0 Å². The maximum atomic E-state index is 13.1. The van der Waals surface area contributed by atoms with E-state index in [1.807, 2.05) is 0 Å². The Balaban J connectivity index is 2.95. The summed E-state index contributed by atoms with van der Waals surface area (Å²) in [6.45, 7) is 0.631. The highest BCUT2D eigenvalue weighted by Gasteiger charge is 2.31. The number of carbonyl (C=O) groups is 5. The first-order valence-electron chi connectivity index (χ1n) is 12.9. The maximum absolute atomic E-state index is 13.1. The molecule has 0 bridgehead atoms. The van der Waals surface area contributed by atoms with Gasteiger partial charge in [0.15, 0.2) is 5.96 Å². The molecule has 40 heavy (non-hydrogen) atoms. The lowest BCUT2D eigenvalue weighted by molar-refractivity contribution is -0.142. The van der Waals surface area contributed by atoms with E-state index < -0.39 is 60.2 Å². The molecule has 0 radical (unpaired) electrons. The fraction of sp³-hybridized carbons (Fsp3) is 0.520. The number of hydrogen-bond donors (Lipinski definition) is 9. The predicted octanol–water partition coefficient (Wildman–Crippen LogP) is -2.85. The van der Waals surface area contributed by atoms with E-state index in [0.717, 1.165) is 0 Å². The third-order valence-corrected chi connectivity index (χ3v) is 5.82. The Labute approximate surface area is 232 Å². The number of nitrogens with zero attached hydrogens (tertiary/aromatic N) is 1. The SMILES string of the molecule is NCCCCC(NC(=O)C(N)CCCN=C(N)N)C(=O)NC(CC(N)=O)C(=O)NC(Cc1ccccc1)C(=O)O. The van der Waals surface area contributed by atoms with E-state index in [1.54, 1.807) is 30.3 Å². The second-order valence-electron chi connectivity index (χ2n) is 9.22. The van der Waals surface area contributed by atoms with Crippen molar-refractivity contribution < 1.29 is 29.1 Å². The summed E-state index contributed by atoms with van der Waals surface area (Å²) in [5, 5.41) is 16.9. The Hall–Kier alpha value is -4.24. The number of primary amides is 1. The minimum Gasteiger partial charge on any atom is -0.480 e. The summed E-state index contributed by atoms with van der Waals surface area (Å²) in [5.41, 5.74) is 28.0. The van der Waals surface area contributed by atoms with Crippen LogP contribution in [0.3, 0.4) is 0 Å². The summed E-state index contributed by atoms with van der Waals surface area (Å²) < 4.78 is 0. The highest BCUT2D eigenvalue weighted by Crippen LogP contribution is 2.07. The molecular formula is C25H41N9O6. The number of carboxylic acids is 1. The van der Waals surface area contributed by atoms with Crippen molar-refractivity contribution in [1.29, 1.82) is 0 Å². The molecule has 0 aliphatic rings. The third kappa shape index (κ3) is 13.5. The summed E-state index contributed by atoms with van der Waals surface area (Å²) in [4.78, 5) is 66.1. The summed E-state index contributed by atoms with van der Waals surface area (Å²) in [5.74, 6) is -4.58. The number of hydrogen-bond acceptors (Lipinski definition) is 8. The number of carboxylic acid groups (broad SMARTS) is 1. The second-order valence-corrected chi connectivity index (χ2v) is 9.22. The number of aliphatic imine (C=N–C) groups is 1. The Morgan fingerprint density at radius 2 is 1.40 bits per heavy atom. The monoisotopic (exact) mass is 563 g/mol. The fourth-order valence-electron chi connectivity index (χ4n) is 3.70. The van der Waals surface area contributed by atoms with E-state index >= 15 is 0 Å². The van der Waals surface area contributed by atoms with Crippen LogP contribution in [0, 0.1) is 0 Å². The van der Waals surface area contributed by atoms with Gasteiger partial charge in [-0.2, -0.15) is 0 Å². The van der Waals surface area contributed by atoms with Gasteiger partial charge in [-0.15, -0.1) is 0 Å². The average Bonchev–Trinajstić information content (AvgIpc) is 2.89. The van der Waals surface area contributed by atoms with Crippen molar-refractivity contribution in [2.75, 3.05) is 13.1 Å². The molecular weight excluding hydrogens is 522 g/mol. The highest BCUT2D eigenvalue weighted by atomic mass is 16.4. The van der Waals surface area contributed by atoms with Gasteiger partial charge in [-0.05, 0) is 44.2 Å². The van der Waals surface area contributed by atoms with Crippen molar-refractivity contribution in [3.05, 3.63) is 35.9 Å². The molecule has 0 aliphatic carbocycles. The van der Waals surface area contributed by atoms with E-state index in [2.05, 4.69) is 20.9 Å². The van der Waals surface area contributed by atoms with Crippen molar-refractivity contribution in [1.82, 2.24) is 16.0 Å². The first-order valence-corrected chi connectivity index (χ1v) is 12.9. The number of amides is 4. The van der Waals surface area contributed by atoms with Gasteiger partial charge in [0.2, 0.25) is 23.6 Å². The van der Waals surface area contributed by atoms with Crippen LogP contribution in [0.2, 0.25) is 0 Å². The van der Waals surface area contributed by atoms with Crippen LogP contribution >= 0.6 is 0 Å². The van der Waals surface area contributed by atoms with E-state index in [0.29, 0.717) is 31.4 Å². The minimum atomic E-state index is -1.48. The normalized spacial score (nSPS) is 13.7. The smallest absolute Gasteiger partial charge is 0.326 e. The number of guanidine groups is 1. The first kappa shape index (κ1) is 33.8. The zero-order chi connectivity index (χ0) is 30.1. The summed E-state index contributed by atoms with van der Waals surface area (Å²) in [7, 11) is 0. The molecule has 0 spiro atoms. The maximum Gasteiger partial charge on any atom is 0.326 e. The zero-order valence-corrected chi connectivity index (χ0v) is 22.4. The summed E-state index contributed by atoms with van der Waals surface area (Å²) in [6, 6.07) is 3.73. The average molecular weight is 564 g/mol. The molecule has 0 saturated carbocycles. The van der Waals surface area contributed by atoms with Crippen LogP contribution in [0.1, 0.15) is 44.1 Å². The van der Waals surface area contributed by atoms with Crippen molar-refractivity contribution in [2.24, 2.45) is 33.7 Å². The quantitative estimate of drug-likeness (QED) is 0.0471. The highest BCUT2D eigenvalue weighted by molar-refractivity contribution is 5.96.